The molecule has 0 saturated carbocycles. The molecule has 1 amide bonds. The van der Waals surface area contributed by atoms with Gasteiger partial charge in [0.25, 0.3) is 5.91 Å². The zero-order chi connectivity index (χ0) is 16.8. The van der Waals surface area contributed by atoms with Crippen LogP contribution in [0.3, 0.4) is 0 Å². The lowest BCUT2D eigenvalue weighted by molar-refractivity contribution is 0.0948. The van der Waals surface area contributed by atoms with Crippen molar-refractivity contribution in [2.45, 2.75) is 31.7 Å². The maximum absolute atomic E-state index is 12.1. The van der Waals surface area contributed by atoms with Gasteiger partial charge >= 0.3 is 0 Å². The zero-order valence-corrected chi connectivity index (χ0v) is 14.4. The van der Waals surface area contributed by atoms with Gasteiger partial charge in [-0.15, -0.1) is 11.3 Å². The molecule has 1 fully saturated rings. The number of hydrogen-bond acceptors (Lipinski definition) is 6. The van der Waals surface area contributed by atoms with E-state index in [9.17, 15) is 9.90 Å². The second kappa shape index (κ2) is 8.41. The average molecular weight is 349 g/mol. The Kier molecular flexibility index (Phi) is 6.01. The van der Waals surface area contributed by atoms with E-state index in [2.05, 4.69) is 15.2 Å². The van der Waals surface area contributed by atoms with Crippen molar-refractivity contribution in [1.82, 2.24) is 15.2 Å². The highest BCUT2D eigenvalue weighted by Crippen LogP contribution is 2.23. The third-order valence-corrected chi connectivity index (χ3v) is 5.19. The lowest BCUT2D eigenvalue weighted by Gasteiger charge is -2.22. The van der Waals surface area contributed by atoms with Crippen LogP contribution in [-0.4, -0.2) is 53.2 Å². The molecule has 1 aliphatic rings. The van der Waals surface area contributed by atoms with Gasteiger partial charge in [-0.25, -0.2) is 4.98 Å². The molecular formula is C17H23N3O3S. The molecule has 2 aromatic heterocycles. The number of amides is 1. The summed E-state index contributed by atoms with van der Waals surface area (Å²) in [4.78, 5) is 18.8. The van der Waals surface area contributed by atoms with Crippen LogP contribution in [-0.2, 0) is 0 Å². The van der Waals surface area contributed by atoms with Gasteiger partial charge in [0, 0.05) is 18.0 Å². The number of rotatable bonds is 8. The van der Waals surface area contributed by atoms with Gasteiger partial charge in [0.1, 0.15) is 5.69 Å². The molecule has 0 spiro atoms. The molecule has 1 aliphatic heterocycles. The fraction of sp³-hybridized carbons (Fsp3) is 0.529. The van der Waals surface area contributed by atoms with Crippen molar-refractivity contribution in [2.24, 2.45) is 0 Å². The van der Waals surface area contributed by atoms with Crippen LogP contribution in [0.25, 0.3) is 10.8 Å². The molecule has 3 rings (SSSR count). The van der Waals surface area contributed by atoms with E-state index >= 15 is 0 Å². The van der Waals surface area contributed by atoms with Gasteiger partial charge in [-0.1, -0.05) is 0 Å². The molecule has 0 radical (unpaired) electrons. The molecule has 0 bridgehead atoms. The standard InChI is InChI=1S/C17H23N3O3S/c21-11-13-5-3-9-20(13)8-2-1-7-18-16(22)14-12-24-17(19-14)15-6-4-10-23-15/h4,6,10,12-13,21H,1-3,5,7-9,11H2,(H,18,22). The SMILES string of the molecule is O=C(NCCCCN1CCCC1CO)c1csc(-c2ccco2)n1. The maximum Gasteiger partial charge on any atom is 0.270 e. The van der Waals surface area contributed by atoms with Crippen molar-refractivity contribution in [3.8, 4) is 10.8 Å². The summed E-state index contributed by atoms with van der Waals surface area (Å²) in [5.41, 5.74) is 0.436. The Hall–Kier alpha value is -1.70. The number of nitrogens with zero attached hydrogens (tertiary/aromatic N) is 2. The van der Waals surface area contributed by atoms with Gasteiger partial charge in [-0.05, 0) is 50.9 Å². The Morgan fingerprint density at radius 3 is 3.21 bits per heavy atom. The van der Waals surface area contributed by atoms with Crippen molar-refractivity contribution in [3.63, 3.8) is 0 Å². The predicted molar refractivity (Wildman–Crippen MR) is 93.1 cm³/mol. The highest BCUT2D eigenvalue weighted by Gasteiger charge is 2.22. The van der Waals surface area contributed by atoms with Gasteiger partial charge in [0.15, 0.2) is 10.8 Å². The number of carbonyl (C=O) groups excluding carboxylic acids is 1. The number of nitrogens with one attached hydrogen (secondary N) is 1. The number of unbranched alkanes of at least 4 members (excludes halogenated alkanes) is 1. The molecule has 3 heterocycles. The Morgan fingerprint density at radius 1 is 1.50 bits per heavy atom. The van der Waals surface area contributed by atoms with Crippen LogP contribution < -0.4 is 5.32 Å². The fourth-order valence-electron chi connectivity index (χ4n) is 3.02. The molecule has 1 saturated heterocycles. The van der Waals surface area contributed by atoms with Crippen molar-refractivity contribution in [3.05, 3.63) is 29.5 Å². The van der Waals surface area contributed by atoms with Crippen LogP contribution in [0.1, 0.15) is 36.2 Å². The normalized spacial score (nSPS) is 18.1. The number of likely N-dealkylation sites (tertiary alicyclic amines) is 1. The number of carbonyl (C=O) groups is 1. The number of aromatic nitrogens is 1. The average Bonchev–Trinajstić information content (AvgIpc) is 3.33. The van der Waals surface area contributed by atoms with E-state index in [0.717, 1.165) is 32.4 Å². The topological polar surface area (TPSA) is 78.6 Å². The van der Waals surface area contributed by atoms with Gasteiger partial charge < -0.3 is 14.8 Å². The predicted octanol–water partition coefficient (Wildman–Crippen LogP) is 2.37. The minimum Gasteiger partial charge on any atom is -0.462 e. The minimum atomic E-state index is -0.140. The van der Waals surface area contributed by atoms with Crippen LogP contribution in [0, 0.1) is 0 Å². The first-order valence-electron chi connectivity index (χ1n) is 8.40. The summed E-state index contributed by atoms with van der Waals surface area (Å²) in [5.74, 6) is 0.543. The Morgan fingerprint density at radius 2 is 2.42 bits per heavy atom. The van der Waals surface area contributed by atoms with Crippen LogP contribution in [0.5, 0.6) is 0 Å². The maximum atomic E-state index is 12.1. The van der Waals surface area contributed by atoms with E-state index in [1.54, 1.807) is 17.7 Å². The summed E-state index contributed by atoms with van der Waals surface area (Å²) >= 11 is 1.40. The highest BCUT2D eigenvalue weighted by molar-refractivity contribution is 7.13. The van der Waals surface area contributed by atoms with Crippen LogP contribution in [0.2, 0.25) is 0 Å². The number of furan rings is 1. The lowest BCUT2D eigenvalue weighted by atomic mass is 10.2. The third kappa shape index (κ3) is 4.23. The smallest absolute Gasteiger partial charge is 0.270 e. The lowest BCUT2D eigenvalue weighted by Crippen LogP contribution is -2.33. The van der Waals surface area contributed by atoms with Gasteiger partial charge in [0.05, 0.1) is 12.9 Å². The van der Waals surface area contributed by atoms with E-state index in [1.165, 1.54) is 17.8 Å². The zero-order valence-electron chi connectivity index (χ0n) is 13.6. The van der Waals surface area contributed by atoms with Crippen LogP contribution >= 0.6 is 11.3 Å². The number of aliphatic hydroxyl groups is 1. The first-order chi connectivity index (χ1) is 11.8. The van der Waals surface area contributed by atoms with E-state index in [-0.39, 0.29) is 12.5 Å². The Labute approximate surface area is 145 Å². The van der Waals surface area contributed by atoms with Crippen LogP contribution in [0.15, 0.2) is 28.2 Å². The fourth-order valence-corrected chi connectivity index (χ4v) is 3.79. The number of thiazole rings is 1. The summed E-state index contributed by atoms with van der Waals surface area (Å²) in [6.45, 7) is 2.95. The summed E-state index contributed by atoms with van der Waals surface area (Å²) in [6.07, 6.45) is 5.80. The molecule has 0 aliphatic carbocycles. The monoisotopic (exact) mass is 349 g/mol. The van der Waals surface area contributed by atoms with Crippen molar-refractivity contribution in [1.29, 1.82) is 0 Å². The second-order valence-corrected chi connectivity index (χ2v) is 6.85. The molecule has 130 valence electrons. The van der Waals surface area contributed by atoms with E-state index in [4.69, 9.17) is 4.42 Å². The molecule has 7 heteroatoms. The first kappa shape index (κ1) is 17.1. The van der Waals surface area contributed by atoms with Gasteiger partial charge in [-0.2, -0.15) is 0 Å². The number of aliphatic hydroxyl groups excluding tert-OH is 1. The molecule has 2 N–H and O–H groups in total. The van der Waals surface area contributed by atoms with E-state index in [1.807, 2.05) is 6.07 Å². The van der Waals surface area contributed by atoms with Crippen molar-refractivity contribution in [2.75, 3.05) is 26.2 Å². The molecule has 2 aromatic rings. The van der Waals surface area contributed by atoms with Gasteiger partial charge in [-0.3, -0.25) is 9.69 Å². The Balaban J connectivity index is 1.37. The summed E-state index contributed by atoms with van der Waals surface area (Å²) in [6, 6.07) is 3.96. The summed E-state index contributed by atoms with van der Waals surface area (Å²) < 4.78 is 5.29. The van der Waals surface area contributed by atoms with Gasteiger partial charge in [0.2, 0.25) is 0 Å². The first-order valence-corrected chi connectivity index (χ1v) is 9.28. The van der Waals surface area contributed by atoms with Crippen LogP contribution in [0.4, 0.5) is 0 Å². The summed E-state index contributed by atoms with van der Waals surface area (Å²) in [7, 11) is 0. The van der Waals surface area contributed by atoms with Crippen molar-refractivity contribution < 1.29 is 14.3 Å². The van der Waals surface area contributed by atoms with E-state index < -0.39 is 0 Å². The summed E-state index contributed by atoms with van der Waals surface area (Å²) in [5, 5.41) is 14.7. The molecular weight excluding hydrogens is 326 g/mol. The van der Waals surface area contributed by atoms with Crippen molar-refractivity contribution >= 4 is 17.2 Å². The largest absolute Gasteiger partial charge is 0.462 e. The molecule has 24 heavy (non-hydrogen) atoms. The molecule has 1 atom stereocenters. The molecule has 1 unspecified atom stereocenters. The third-order valence-electron chi connectivity index (χ3n) is 4.34. The van der Waals surface area contributed by atoms with E-state index in [0.29, 0.717) is 29.0 Å². The Bertz CT molecular complexity index is 641. The molecule has 6 nitrogen and oxygen atoms in total. The quantitative estimate of drug-likeness (QED) is 0.716. The minimum absolute atomic E-state index is 0.140. The molecule has 0 aromatic carbocycles. The highest BCUT2D eigenvalue weighted by atomic mass is 32.1. The second-order valence-electron chi connectivity index (χ2n) is 5.99. The number of hydrogen-bond donors (Lipinski definition) is 2.